The summed E-state index contributed by atoms with van der Waals surface area (Å²) in [4.78, 5) is 0. The van der Waals surface area contributed by atoms with Crippen LogP contribution in [0.2, 0.25) is 0 Å². The second-order valence-electron chi connectivity index (χ2n) is 7.45. The van der Waals surface area contributed by atoms with Gasteiger partial charge >= 0.3 is 0 Å². The summed E-state index contributed by atoms with van der Waals surface area (Å²) in [6.45, 7) is 5.54. The molecular weight excluding hydrogens is 316 g/mol. The van der Waals surface area contributed by atoms with E-state index in [0.29, 0.717) is 6.42 Å². The van der Waals surface area contributed by atoms with Crippen LogP contribution in [0.1, 0.15) is 52.0 Å². The standard InChI is InChI=1S/C21H32O4/c1-16(22)14-18(23)12-13-20-15-19(24-21(2,3)25-20)11-7-10-17-8-5-4-6-9-17/h4-6,8-9,12-13,16,18-20,22-23H,7,10-11,14-15H2,1-3H3/t16-,18+,19?,20?/m1/s1. The summed E-state index contributed by atoms with van der Waals surface area (Å²) in [5.74, 6) is -0.625. The fourth-order valence-corrected chi connectivity index (χ4v) is 3.30. The number of hydrogen-bond donors (Lipinski definition) is 2. The van der Waals surface area contributed by atoms with Crippen LogP contribution in [-0.2, 0) is 15.9 Å². The normalized spacial score (nSPS) is 25.8. The maximum absolute atomic E-state index is 9.88. The molecule has 2 rings (SSSR count). The lowest BCUT2D eigenvalue weighted by Gasteiger charge is -2.40. The van der Waals surface area contributed by atoms with Gasteiger partial charge in [0.15, 0.2) is 5.79 Å². The van der Waals surface area contributed by atoms with E-state index in [1.807, 2.05) is 26.0 Å². The van der Waals surface area contributed by atoms with Gasteiger partial charge in [0, 0.05) is 12.8 Å². The molecule has 140 valence electrons. The zero-order chi connectivity index (χ0) is 18.3. The van der Waals surface area contributed by atoms with Gasteiger partial charge in [0.05, 0.1) is 24.4 Å². The van der Waals surface area contributed by atoms with Crippen molar-refractivity contribution in [1.29, 1.82) is 0 Å². The van der Waals surface area contributed by atoms with Crippen molar-refractivity contribution in [3.8, 4) is 0 Å². The van der Waals surface area contributed by atoms with Crippen LogP contribution >= 0.6 is 0 Å². The Morgan fingerprint density at radius 1 is 1.20 bits per heavy atom. The van der Waals surface area contributed by atoms with Gasteiger partial charge in [-0.15, -0.1) is 0 Å². The number of aliphatic hydroxyl groups excluding tert-OH is 2. The van der Waals surface area contributed by atoms with Gasteiger partial charge in [-0.05, 0) is 45.6 Å². The van der Waals surface area contributed by atoms with Gasteiger partial charge < -0.3 is 19.7 Å². The molecule has 0 aromatic heterocycles. The van der Waals surface area contributed by atoms with Crippen molar-refractivity contribution in [2.45, 2.75) is 83.1 Å². The Balaban J connectivity index is 1.83. The summed E-state index contributed by atoms with van der Waals surface area (Å²) in [6.07, 6.45) is 6.78. The molecule has 2 N–H and O–H groups in total. The topological polar surface area (TPSA) is 58.9 Å². The number of aryl methyl sites for hydroxylation is 1. The third-order valence-corrected chi connectivity index (χ3v) is 4.35. The Bertz CT molecular complexity index is 524. The van der Waals surface area contributed by atoms with Gasteiger partial charge in [-0.1, -0.05) is 42.5 Å². The Morgan fingerprint density at radius 3 is 2.60 bits per heavy atom. The molecule has 1 fully saturated rings. The second-order valence-corrected chi connectivity index (χ2v) is 7.45. The van der Waals surface area contributed by atoms with Gasteiger partial charge in [0.2, 0.25) is 0 Å². The van der Waals surface area contributed by atoms with Crippen molar-refractivity contribution in [3.05, 3.63) is 48.0 Å². The first-order chi connectivity index (χ1) is 11.8. The van der Waals surface area contributed by atoms with Crippen LogP contribution in [0.3, 0.4) is 0 Å². The first-order valence-corrected chi connectivity index (χ1v) is 9.28. The van der Waals surface area contributed by atoms with E-state index >= 15 is 0 Å². The summed E-state index contributed by atoms with van der Waals surface area (Å²) >= 11 is 0. The van der Waals surface area contributed by atoms with Crippen LogP contribution in [0.25, 0.3) is 0 Å². The van der Waals surface area contributed by atoms with E-state index in [2.05, 4.69) is 24.3 Å². The quantitative estimate of drug-likeness (QED) is 0.705. The number of benzene rings is 1. The van der Waals surface area contributed by atoms with E-state index in [9.17, 15) is 10.2 Å². The van der Waals surface area contributed by atoms with Crippen LogP contribution in [0, 0.1) is 0 Å². The zero-order valence-corrected chi connectivity index (χ0v) is 15.6. The lowest BCUT2D eigenvalue weighted by molar-refractivity contribution is -0.291. The van der Waals surface area contributed by atoms with E-state index in [1.165, 1.54) is 5.56 Å². The third-order valence-electron chi connectivity index (χ3n) is 4.35. The molecule has 0 spiro atoms. The minimum Gasteiger partial charge on any atom is -0.393 e. The summed E-state index contributed by atoms with van der Waals surface area (Å²) in [5.41, 5.74) is 1.35. The third kappa shape index (κ3) is 7.70. The molecule has 25 heavy (non-hydrogen) atoms. The van der Waals surface area contributed by atoms with Crippen molar-refractivity contribution < 1.29 is 19.7 Å². The van der Waals surface area contributed by atoms with E-state index < -0.39 is 18.0 Å². The first kappa shape index (κ1) is 20.1. The molecule has 4 heteroatoms. The highest BCUT2D eigenvalue weighted by Crippen LogP contribution is 2.30. The molecule has 0 radical (unpaired) electrons. The molecule has 2 unspecified atom stereocenters. The molecular formula is C21H32O4. The van der Waals surface area contributed by atoms with Crippen LogP contribution in [0.15, 0.2) is 42.5 Å². The molecule has 1 heterocycles. The molecule has 1 aromatic carbocycles. The lowest BCUT2D eigenvalue weighted by Crippen LogP contribution is -2.44. The highest BCUT2D eigenvalue weighted by molar-refractivity contribution is 5.14. The van der Waals surface area contributed by atoms with Crippen molar-refractivity contribution in [1.82, 2.24) is 0 Å². The molecule has 0 saturated carbocycles. The van der Waals surface area contributed by atoms with Crippen molar-refractivity contribution in [2.75, 3.05) is 0 Å². The Morgan fingerprint density at radius 2 is 1.92 bits per heavy atom. The molecule has 1 aliphatic heterocycles. The molecule has 4 atom stereocenters. The molecule has 0 amide bonds. The summed E-state index contributed by atoms with van der Waals surface area (Å²) in [6, 6.07) is 10.5. The van der Waals surface area contributed by atoms with Crippen LogP contribution in [0.5, 0.6) is 0 Å². The van der Waals surface area contributed by atoms with Gasteiger partial charge in [-0.25, -0.2) is 0 Å². The average molecular weight is 348 g/mol. The van der Waals surface area contributed by atoms with E-state index in [0.717, 1.165) is 25.7 Å². The van der Waals surface area contributed by atoms with Crippen molar-refractivity contribution in [3.63, 3.8) is 0 Å². The minimum absolute atomic E-state index is 0.0749. The molecule has 1 saturated heterocycles. The molecule has 0 bridgehead atoms. The Kier molecular flexibility index (Phi) is 7.63. The monoisotopic (exact) mass is 348 g/mol. The number of hydrogen-bond acceptors (Lipinski definition) is 4. The fourth-order valence-electron chi connectivity index (χ4n) is 3.30. The van der Waals surface area contributed by atoms with Crippen LogP contribution in [0.4, 0.5) is 0 Å². The number of aliphatic hydroxyl groups is 2. The van der Waals surface area contributed by atoms with Gasteiger partial charge in [0.25, 0.3) is 0 Å². The van der Waals surface area contributed by atoms with Gasteiger partial charge in [-0.3, -0.25) is 0 Å². The van der Waals surface area contributed by atoms with Crippen LogP contribution in [-0.4, -0.2) is 40.4 Å². The van der Waals surface area contributed by atoms with Crippen molar-refractivity contribution >= 4 is 0 Å². The largest absolute Gasteiger partial charge is 0.393 e. The van der Waals surface area contributed by atoms with E-state index in [4.69, 9.17) is 9.47 Å². The van der Waals surface area contributed by atoms with E-state index in [1.54, 1.807) is 13.0 Å². The Labute approximate surface area is 151 Å². The zero-order valence-electron chi connectivity index (χ0n) is 15.6. The highest BCUT2D eigenvalue weighted by atomic mass is 16.7. The minimum atomic E-state index is -0.647. The summed E-state index contributed by atoms with van der Waals surface area (Å²) in [5, 5.41) is 19.2. The smallest absolute Gasteiger partial charge is 0.163 e. The fraction of sp³-hybridized carbons (Fsp3) is 0.619. The summed E-state index contributed by atoms with van der Waals surface area (Å²) in [7, 11) is 0. The maximum Gasteiger partial charge on any atom is 0.163 e. The van der Waals surface area contributed by atoms with Gasteiger partial charge in [0.1, 0.15) is 0 Å². The molecule has 1 aliphatic rings. The van der Waals surface area contributed by atoms with Crippen molar-refractivity contribution in [2.24, 2.45) is 0 Å². The maximum atomic E-state index is 9.88. The molecule has 1 aromatic rings. The van der Waals surface area contributed by atoms with Gasteiger partial charge in [-0.2, -0.15) is 0 Å². The summed E-state index contributed by atoms with van der Waals surface area (Å²) < 4.78 is 12.0. The van der Waals surface area contributed by atoms with Crippen LogP contribution < -0.4 is 0 Å². The first-order valence-electron chi connectivity index (χ1n) is 9.28. The molecule has 0 aliphatic carbocycles. The lowest BCUT2D eigenvalue weighted by atomic mass is 10.00. The predicted octanol–water partition coefficient (Wildman–Crippen LogP) is 3.61. The second kappa shape index (κ2) is 9.48. The number of ether oxygens (including phenoxy) is 2. The Hall–Kier alpha value is -1.20. The average Bonchev–Trinajstić information content (AvgIpc) is 2.52. The number of rotatable bonds is 8. The predicted molar refractivity (Wildman–Crippen MR) is 99.3 cm³/mol. The van der Waals surface area contributed by atoms with E-state index in [-0.39, 0.29) is 12.2 Å². The highest BCUT2D eigenvalue weighted by Gasteiger charge is 2.34. The molecule has 4 nitrogen and oxygen atoms in total. The SMILES string of the molecule is C[C@@H](O)C[C@@H](O)C=CC1CC(CCCc2ccccc2)OC(C)(C)O1.